The average Bonchev–Trinajstić information content (AvgIpc) is 3.42. The van der Waals surface area contributed by atoms with Gasteiger partial charge in [0.1, 0.15) is 17.7 Å². The van der Waals surface area contributed by atoms with E-state index in [2.05, 4.69) is 26.0 Å². The second kappa shape index (κ2) is 9.74. The third-order valence-electron chi connectivity index (χ3n) is 5.52. The lowest BCUT2D eigenvalue weighted by Crippen LogP contribution is -2.45. The predicted octanol–water partition coefficient (Wildman–Crippen LogP) is 3.55. The summed E-state index contributed by atoms with van der Waals surface area (Å²) in [6, 6.07) is 7.13. The monoisotopic (exact) mass is 496 g/mol. The van der Waals surface area contributed by atoms with E-state index in [9.17, 15) is 9.59 Å². The molecule has 1 atom stereocenters. The molecule has 1 amide bonds. The molecule has 0 fully saturated rings. The van der Waals surface area contributed by atoms with Crippen LogP contribution in [-0.4, -0.2) is 38.4 Å². The van der Waals surface area contributed by atoms with Gasteiger partial charge >= 0.3 is 5.97 Å². The fourth-order valence-corrected chi connectivity index (χ4v) is 5.05. The van der Waals surface area contributed by atoms with Crippen molar-refractivity contribution in [3.05, 3.63) is 69.8 Å². The lowest BCUT2D eigenvalue weighted by molar-refractivity contribution is -0.113. The summed E-state index contributed by atoms with van der Waals surface area (Å²) < 4.78 is 6.86. The Bertz CT molecular complexity index is 1280. The van der Waals surface area contributed by atoms with Crippen LogP contribution in [0, 0.1) is 13.8 Å². The number of hydrogen-bond donors (Lipinski definition) is 3. The van der Waals surface area contributed by atoms with Crippen molar-refractivity contribution in [1.82, 2.24) is 25.4 Å². The summed E-state index contributed by atoms with van der Waals surface area (Å²) in [4.78, 5) is 31.0. The molecule has 11 heteroatoms. The fraction of sp³-hybridized carbons (Fsp3) is 0.261. The standard InChI is InChI=1S/C23H24N6O3S2/c1-5-32-22(31)17-12(2)14(4)34-21(17)28-20(30)18-13(3)26-23(33)27-19(18)15-6-8-16(9-7-15)29-11-24-10-25-29/h6-11,19H,5H2,1-4H3,(H,28,30)(H2,26,27,33)/t19-/m0/s1. The predicted molar refractivity (Wildman–Crippen MR) is 134 cm³/mol. The Labute approximate surface area is 206 Å². The normalized spacial score (nSPS) is 15.5. The highest BCUT2D eigenvalue weighted by Crippen LogP contribution is 2.35. The molecule has 0 bridgehead atoms. The SMILES string of the molecule is CCOC(=O)c1c(NC(=O)C2=C(C)NC(=S)N[C@H]2c2ccc(-n3cncn3)cc2)sc(C)c1C. The smallest absolute Gasteiger partial charge is 0.341 e. The molecule has 1 aliphatic heterocycles. The number of rotatable bonds is 6. The molecule has 4 rings (SSSR count). The third-order valence-corrected chi connectivity index (χ3v) is 6.86. The second-order valence-electron chi connectivity index (χ2n) is 7.66. The summed E-state index contributed by atoms with van der Waals surface area (Å²) in [5.41, 5.74) is 3.98. The lowest BCUT2D eigenvalue weighted by Gasteiger charge is -2.30. The van der Waals surface area contributed by atoms with Gasteiger partial charge in [-0.05, 0) is 63.2 Å². The highest BCUT2D eigenvalue weighted by atomic mass is 32.1. The van der Waals surface area contributed by atoms with Crippen LogP contribution in [0.3, 0.4) is 0 Å². The van der Waals surface area contributed by atoms with E-state index in [4.69, 9.17) is 17.0 Å². The topological polar surface area (TPSA) is 110 Å². The Kier molecular flexibility index (Phi) is 6.75. The van der Waals surface area contributed by atoms with Gasteiger partial charge in [-0.15, -0.1) is 11.3 Å². The number of thiophene rings is 1. The lowest BCUT2D eigenvalue weighted by atomic mass is 9.94. The van der Waals surface area contributed by atoms with Gasteiger partial charge in [0.2, 0.25) is 0 Å². The average molecular weight is 497 g/mol. The molecule has 3 N–H and O–H groups in total. The molecule has 0 aliphatic carbocycles. The van der Waals surface area contributed by atoms with E-state index in [1.807, 2.05) is 38.1 Å². The van der Waals surface area contributed by atoms with Crippen molar-refractivity contribution in [2.24, 2.45) is 0 Å². The number of carbonyl (C=O) groups excluding carboxylic acids is 2. The quantitative estimate of drug-likeness (QED) is 0.351. The van der Waals surface area contributed by atoms with Gasteiger partial charge in [-0.25, -0.2) is 14.5 Å². The van der Waals surface area contributed by atoms with Crippen LogP contribution in [0.1, 0.15) is 46.3 Å². The maximum atomic E-state index is 13.5. The molecule has 0 saturated heterocycles. The molecular formula is C23H24N6O3S2. The molecule has 2 aromatic heterocycles. The summed E-state index contributed by atoms with van der Waals surface area (Å²) >= 11 is 6.70. The van der Waals surface area contributed by atoms with Crippen molar-refractivity contribution in [2.75, 3.05) is 11.9 Å². The first kappa shape index (κ1) is 23.6. The van der Waals surface area contributed by atoms with Gasteiger partial charge in [0.15, 0.2) is 5.11 Å². The number of ether oxygens (including phenoxy) is 1. The maximum absolute atomic E-state index is 13.5. The van der Waals surface area contributed by atoms with Crippen LogP contribution in [-0.2, 0) is 9.53 Å². The first-order valence-corrected chi connectivity index (χ1v) is 11.8. The van der Waals surface area contributed by atoms with Gasteiger partial charge in [-0.3, -0.25) is 4.79 Å². The van der Waals surface area contributed by atoms with Gasteiger partial charge < -0.3 is 20.7 Å². The fourth-order valence-electron chi connectivity index (χ4n) is 3.74. The van der Waals surface area contributed by atoms with E-state index < -0.39 is 12.0 Å². The van der Waals surface area contributed by atoms with Gasteiger partial charge in [0.05, 0.1) is 29.5 Å². The summed E-state index contributed by atoms with van der Waals surface area (Å²) in [6.07, 6.45) is 3.08. The van der Waals surface area contributed by atoms with E-state index in [1.165, 1.54) is 17.7 Å². The van der Waals surface area contributed by atoms with Crippen molar-refractivity contribution < 1.29 is 14.3 Å². The van der Waals surface area contributed by atoms with E-state index >= 15 is 0 Å². The summed E-state index contributed by atoms with van der Waals surface area (Å²) in [5, 5.41) is 14.2. The second-order valence-corrected chi connectivity index (χ2v) is 9.30. The Morgan fingerprint density at radius 3 is 2.62 bits per heavy atom. The number of esters is 1. The first-order chi connectivity index (χ1) is 16.3. The number of aromatic nitrogens is 3. The van der Waals surface area contributed by atoms with Crippen LogP contribution in [0.4, 0.5) is 5.00 Å². The number of amides is 1. The largest absolute Gasteiger partial charge is 0.462 e. The Morgan fingerprint density at radius 2 is 1.97 bits per heavy atom. The van der Waals surface area contributed by atoms with Crippen molar-refractivity contribution in [2.45, 2.75) is 33.7 Å². The van der Waals surface area contributed by atoms with Crippen molar-refractivity contribution in [3.8, 4) is 5.69 Å². The molecule has 0 radical (unpaired) electrons. The van der Waals surface area contributed by atoms with Crippen LogP contribution in [0.15, 0.2) is 48.2 Å². The molecule has 9 nitrogen and oxygen atoms in total. The van der Waals surface area contributed by atoms with Crippen LogP contribution < -0.4 is 16.0 Å². The number of nitrogens with zero attached hydrogens (tertiary/aromatic N) is 3. The van der Waals surface area contributed by atoms with E-state index in [0.29, 0.717) is 26.9 Å². The van der Waals surface area contributed by atoms with E-state index in [1.54, 1.807) is 24.9 Å². The summed E-state index contributed by atoms with van der Waals surface area (Å²) in [5.74, 6) is -0.788. The Balaban J connectivity index is 1.66. The highest BCUT2D eigenvalue weighted by molar-refractivity contribution is 7.80. The Morgan fingerprint density at radius 1 is 1.24 bits per heavy atom. The number of anilines is 1. The Hall–Kier alpha value is -3.57. The van der Waals surface area contributed by atoms with Crippen LogP contribution >= 0.6 is 23.6 Å². The minimum atomic E-state index is -0.480. The molecule has 0 spiro atoms. The van der Waals surface area contributed by atoms with Crippen LogP contribution in [0.25, 0.3) is 5.69 Å². The first-order valence-electron chi connectivity index (χ1n) is 10.6. The third kappa shape index (κ3) is 4.57. The number of aryl methyl sites for hydroxylation is 1. The van der Waals surface area contributed by atoms with Gasteiger partial charge in [0, 0.05) is 10.6 Å². The van der Waals surface area contributed by atoms with E-state index in [-0.39, 0.29) is 12.5 Å². The molecule has 1 aromatic carbocycles. The minimum absolute atomic E-state index is 0.253. The molecule has 0 unspecified atom stereocenters. The zero-order valence-electron chi connectivity index (χ0n) is 19.1. The molecular weight excluding hydrogens is 472 g/mol. The summed E-state index contributed by atoms with van der Waals surface area (Å²) in [7, 11) is 0. The van der Waals surface area contributed by atoms with Gasteiger partial charge in [0.25, 0.3) is 5.91 Å². The van der Waals surface area contributed by atoms with Crippen molar-refractivity contribution in [3.63, 3.8) is 0 Å². The maximum Gasteiger partial charge on any atom is 0.341 e. The zero-order valence-corrected chi connectivity index (χ0v) is 20.8. The number of allylic oxidation sites excluding steroid dienone is 1. The van der Waals surface area contributed by atoms with Gasteiger partial charge in [-0.2, -0.15) is 5.10 Å². The molecule has 0 saturated carbocycles. The number of thiocarbonyl (C=S) groups is 1. The molecule has 3 heterocycles. The number of carbonyl (C=O) groups is 2. The van der Waals surface area contributed by atoms with Crippen LogP contribution in [0.2, 0.25) is 0 Å². The van der Waals surface area contributed by atoms with E-state index in [0.717, 1.165) is 21.7 Å². The molecule has 34 heavy (non-hydrogen) atoms. The number of benzene rings is 1. The van der Waals surface area contributed by atoms with Crippen molar-refractivity contribution >= 4 is 45.5 Å². The van der Waals surface area contributed by atoms with Gasteiger partial charge in [-0.1, -0.05) is 12.1 Å². The molecule has 1 aliphatic rings. The minimum Gasteiger partial charge on any atom is -0.462 e. The number of hydrogen-bond acceptors (Lipinski definition) is 7. The molecule has 3 aromatic rings. The van der Waals surface area contributed by atoms with Crippen molar-refractivity contribution in [1.29, 1.82) is 0 Å². The number of nitrogens with one attached hydrogen (secondary N) is 3. The molecule has 176 valence electrons. The zero-order chi connectivity index (χ0) is 24.4. The summed E-state index contributed by atoms with van der Waals surface area (Å²) in [6.45, 7) is 7.56. The van der Waals surface area contributed by atoms with Crippen LogP contribution in [0.5, 0.6) is 0 Å². The highest BCUT2D eigenvalue weighted by Gasteiger charge is 2.31.